The van der Waals surface area contributed by atoms with Crippen molar-refractivity contribution in [1.29, 1.82) is 0 Å². The first-order valence-corrected chi connectivity index (χ1v) is 11.8. The van der Waals surface area contributed by atoms with Crippen LogP contribution in [0.3, 0.4) is 0 Å². The fraction of sp³-hybridized carbons (Fsp3) is 0.556. The SMILES string of the molecule is COC(=O)CC(CC(=O)O)(OP(=O)(O)OC[C@@H]1CC[C@H](n2cnc3c(=O)[nH]c(N)nc32)O1)C(=O)OC. The van der Waals surface area contributed by atoms with Crippen LogP contribution in [0.25, 0.3) is 11.2 Å². The Kier molecular flexibility index (Phi) is 8.10. The quantitative estimate of drug-likeness (QED) is 0.209. The van der Waals surface area contributed by atoms with Crippen molar-refractivity contribution in [2.75, 3.05) is 26.6 Å². The Hall–Kier alpha value is -3.37. The molecule has 36 heavy (non-hydrogen) atoms. The first-order chi connectivity index (χ1) is 16.9. The third kappa shape index (κ3) is 6.06. The Morgan fingerprint density at radius 1 is 1.31 bits per heavy atom. The van der Waals surface area contributed by atoms with Gasteiger partial charge in [-0.1, -0.05) is 0 Å². The van der Waals surface area contributed by atoms with Crippen LogP contribution < -0.4 is 11.3 Å². The molecule has 3 rings (SSSR count). The van der Waals surface area contributed by atoms with E-state index in [1.807, 2.05) is 0 Å². The van der Waals surface area contributed by atoms with Crippen LogP contribution in [0.5, 0.6) is 0 Å². The number of aromatic amines is 1. The predicted octanol–water partition coefficient (Wildman–Crippen LogP) is -0.537. The molecular weight excluding hydrogens is 509 g/mol. The monoisotopic (exact) mass is 533 g/mol. The number of carboxylic acids is 1. The zero-order valence-electron chi connectivity index (χ0n) is 19.1. The van der Waals surface area contributed by atoms with Gasteiger partial charge in [-0.25, -0.2) is 14.3 Å². The molecule has 0 aliphatic carbocycles. The zero-order chi connectivity index (χ0) is 26.7. The summed E-state index contributed by atoms with van der Waals surface area (Å²) in [7, 11) is -3.28. The minimum atomic E-state index is -5.13. The summed E-state index contributed by atoms with van der Waals surface area (Å²) in [5.41, 5.74) is 2.59. The molecule has 0 aromatic carbocycles. The summed E-state index contributed by atoms with van der Waals surface area (Å²) in [6, 6.07) is 0. The number of esters is 2. The van der Waals surface area contributed by atoms with Crippen LogP contribution in [0.4, 0.5) is 5.95 Å². The number of aliphatic carboxylic acids is 1. The molecule has 2 aromatic rings. The number of methoxy groups -OCH3 is 2. The van der Waals surface area contributed by atoms with Gasteiger partial charge in [0.05, 0.1) is 46.1 Å². The second kappa shape index (κ2) is 10.7. The van der Waals surface area contributed by atoms with E-state index in [4.69, 9.17) is 19.5 Å². The number of carbonyl (C=O) groups excluding carboxylic acids is 2. The predicted molar refractivity (Wildman–Crippen MR) is 116 cm³/mol. The smallest absolute Gasteiger partial charge is 0.473 e. The third-order valence-electron chi connectivity index (χ3n) is 5.21. The standard InChI is InChI=1S/C18H24N5O12P/c1-31-12(26)6-18(5-11(24)25,16(28)32-2)35-36(29,30)33-7-9-3-4-10(34-9)23-8-20-13-14(23)21-17(19)22-15(13)27/h8-10H,3-7H2,1-2H3,(H,24,25)(H,29,30)(H3,19,21,22,27)/t9-,10+,18?/m0/s1. The number of imidazole rings is 1. The van der Waals surface area contributed by atoms with Gasteiger partial charge in [0.15, 0.2) is 16.8 Å². The highest BCUT2D eigenvalue weighted by Crippen LogP contribution is 2.50. The molecule has 198 valence electrons. The van der Waals surface area contributed by atoms with E-state index in [1.165, 1.54) is 10.9 Å². The molecule has 0 spiro atoms. The fourth-order valence-electron chi connectivity index (χ4n) is 3.64. The molecule has 0 saturated carbocycles. The van der Waals surface area contributed by atoms with E-state index < -0.39 is 68.7 Å². The van der Waals surface area contributed by atoms with Crippen LogP contribution in [-0.4, -0.2) is 80.0 Å². The highest BCUT2D eigenvalue weighted by Gasteiger charge is 2.51. The number of nitrogens with one attached hydrogen (secondary N) is 1. The van der Waals surface area contributed by atoms with Crippen molar-refractivity contribution >= 4 is 42.8 Å². The van der Waals surface area contributed by atoms with Gasteiger partial charge in [0.2, 0.25) is 5.95 Å². The number of nitrogen functional groups attached to an aromatic ring is 1. The van der Waals surface area contributed by atoms with Gasteiger partial charge in [-0.15, -0.1) is 0 Å². The Morgan fingerprint density at radius 2 is 2.03 bits per heavy atom. The molecule has 17 nitrogen and oxygen atoms in total. The third-order valence-corrected chi connectivity index (χ3v) is 6.27. The number of H-pyrrole nitrogens is 1. The van der Waals surface area contributed by atoms with E-state index >= 15 is 0 Å². The molecule has 3 heterocycles. The van der Waals surface area contributed by atoms with Crippen LogP contribution in [0.2, 0.25) is 0 Å². The van der Waals surface area contributed by atoms with Crippen LogP contribution in [-0.2, 0) is 42.2 Å². The molecule has 18 heteroatoms. The normalized spacial score (nSPS) is 21.0. The van der Waals surface area contributed by atoms with Crippen molar-refractivity contribution in [3.63, 3.8) is 0 Å². The zero-order valence-corrected chi connectivity index (χ0v) is 20.0. The number of phosphoric acid groups is 1. The van der Waals surface area contributed by atoms with Crippen LogP contribution in [0.1, 0.15) is 31.9 Å². The Bertz CT molecular complexity index is 1260. The maximum atomic E-state index is 12.6. The molecule has 1 aliphatic heterocycles. The first kappa shape index (κ1) is 27.2. The molecule has 4 atom stereocenters. The molecule has 5 N–H and O–H groups in total. The van der Waals surface area contributed by atoms with Crippen molar-refractivity contribution in [3.05, 3.63) is 16.7 Å². The number of carbonyl (C=O) groups is 3. The molecule has 0 radical (unpaired) electrons. The topological polar surface area (TPSA) is 244 Å². The second-order valence-electron chi connectivity index (χ2n) is 7.73. The Balaban J connectivity index is 1.71. The lowest BCUT2D eigenvalue weighted by atomic mass is 9.96. The summed E-state index contributed by atoms with van der Waals surface area (Å²) in [4.78, 5) is 68.0. The average Bonchev–Trinajstić information content (AvgIpc) is 3.43. The van der Waals surface area contributed by atoms with Crippen LogP contribution >= 0.6 is 7.82 Å². The minimum Gasteiger partial charge on any atom is -0.481 e. The molecule has 0 bridgehead atoms. The molecule has 2 aromatic heterocycles. The van der Waals surface area contributed by atoms with E-state index in [0.29, 0.717) is 12.8 Å². The number of anilines is 1. The summed E-state index contributed by atoms with van der Waals surface area (Å²) in [6.07, 6.45) is -1.56. The number of hydrogen-bond donors (Lipinski definition) is 4. The number of nitrogens with zero attached hydrogens (tertiary/aromatic N) is 3. The number of phosphoric ester groups is 1. The molecule has 1 fully saturated rings. The van der Waals surface area contributed by atoms with Gasteiger partial charge in [-0.05, 0) is 12.8 Å². The number of carboxylic acid groups (broad SMARTS) is 1. The molecule has 1 aliphatic rings. The van der Waals surface area contributed by atoms with Crippen LogP contribution in [0, 0.1) is 0 Å². The van der Waals surface area contributed by atoms with Gasteiger partial charge in [0.1, 0.15) is 6.23 Å². The number of ether oxygens (including phenoxy) is 3. The second-order valence-corrected chi connectivity index (χ2v) is 9.11. The highest BCUT2D eigenvalue weighted by atomic mass is 31.2. The summed E-state index contributed by atoms with van der Waals surface area (Å²) >= 11 is 0. The summed E-state index contributed by atoms with van der Waals surface area (Å²) < 4.78 is 38.7. The van der Waals surface area contributed by atoms with Crippen molar-refractivity contribution < 1.29 is 52.2 Å². The molecule has 2 unspecified atom stereocenters. The van der Waals surface area contributed by atoms with Crippen molar-refractivity contribution in [2.24, 2.45) is 0 Å². The Morgan fingerprint density at radius 3 is 2.67 bits per heavy atom. The number of fused-ring (bicyclic) bond motifs is 1. The van der Waals surface area contributed by atoms with Gasteiger partial charge < -0.3 is 29.9 Å². The molecule has 0 amide bonds. The number of nitrogens with two attached hydrogens (primary N) is 1. The lowest BCUT2D eigenvalue weighted by Crippen LogP contribution is -2.46. The summed E-state index contributed by atoms with van der Waals surface area (Å²) in [6.45, 7) is -0.504. The average molecular weight is 533 g/mol. The maximum absolute atomic E-state index is 12.6. The van der Waals surface area contributed by atoms with Crippen molar-refractivity contribution in [2.45, 2.75) is 43.6 Å². The summed E-state index contributed by atoms with van der Waals surface area (Å²) in [5, 5.41) is 9.19. The molecule has 1 saturated heterocycles. The first-order valence-electron chi connectivity index (χ1n) is 10.3. The summed E-state index contributed by atoms with van der Waals surface area (Å²) in [5.74, 6) is -4.22. The molecular formula is C18H24N5O12P. The van der Waals surface area contributed by atoms with Crippen molar-refractivity contribution in [3.8, 4) is 0 Å². The highest BCUT2D eigenvalue weighted by molar-refractivity contribution is 7.47. The lowest BCUT2D eigenvalue weighted by Gasteiger charge is -2.30. The van der Waals surface area contributed by atoms with Gasteiger partial charge in [0.25, 0.3) is 5.56 Å². The minimum absolute atomic E-state index is 0.0453. The lowest BCUT2D eigenvalue weighted by molar-refractivity contribution is -0.172. The van der Waals surface area contributed by atoms with Crippen molar-refractivity contribution in [1.82, 2.24) is 19.5 Å². The Labute approximate surface area is 202 Å². The van der Waals surface area contributed by atoms with E-state index in [2.05, 4.69) is 24.4 Å². The van der Waals surface area contributed by atoms with E-state index in [0.717, 1.165) is 14.2 Å². The van der Waals surface area contributed by atoms with E-state index in [-0.39, 0.29) is 17.1 Å². The van der Waals surface area contributed by atoms with Crippen LogP contribution in [0.15, 0.2) is 11.1 Å². The number of aromatic nitrogens is 4. The largest absolute Gasteiger partial charge is 0.481 e. The van der Waals surface area contributed by atoms with Gasteiger partial charge in [-0.3, -0.25) is 33.0 Å². The van der Waals surface area contributed by atoms with Gasteiger partial charge in [0, 0.05) is 0 Å². The fourth-order valence-corrected chi connectivity index (χ4v) is 4.69. The van der Waals surface area contributed by atoms with E-state index in [9.17, 15) is 33.7 Å². The van der Waals surface area contributed by atoms with E-state index in [1.54, 1.807) is 0 Å². The van der Waals surface area contributed by atoms with Gasteiger partial charge >= 0.3 is 25.7 Å². The number of hydrogen-bond acceptors (Lipinski definition) is 13. The number of rotatable bonds is 11. The van der Waals surface area contributed by atoms with Gasteiger partial charge in [-0.2, -0.15) is 4.98 Å². The maximum Gasteiger partial charge on any atom is 0.473 e.